The molecule has 0 bridgehead atoms. The van der Waals surface area contributed by atoms with Gasteiger partial charge in [0, 0.05) is 36.2 Å². The van der Waals surface area contributed by atoms with E-state index in [4.69, 9.17) is 0 Å². The number of carbonyl (C=O) groups excluding carboxylic acids is 1. The Kier molecular flexibility index (Phi) is 4.99. The van der Waals surface area contributed by atoms with Crippen molar-refractivity contribution < 1.29 is 4.79 Å². The van der Waals surface area contributed by atoms with Gasteiger partial charge in [0.1, 0.15) is 11.6 Å². The van der Waals surface area contributed by atoms with Gasteiger partial charge in [-0.15, -0.1) is 21.5 Å². The van der Waals surface area contributed by atoms with Gasteiger partial charge in [0.2, 0.25) is 5.91 Å². The lowest BCUT2D eigenvalue weighted by atomic mass is 10.1. The Morgan fingerprint density at radius 2 is 2.12 bits per heavy atom. The molecule has 3 rings (SSSR count). The Labute approximate surface area is 146 Å². The molecular formula is C17H25N5OS. The van der Waals surface area contributed by atoms with Crippen LogP contribution in [0.2, 0.25) is 0 Å². The zero-order valence-electron chi connectivity index (χ0n) is 14.7. The van der Waals surface area contributed by atoms with Crippen molar-refractivity contribution in [3.63, 3.8) is 0 Å². The Morgan fingerprint density at radius 3 is 2.79 bits per heavy atom. The number of nitrogens with one attached hydrogen (secondary N) is 1. The molecule has 130 valence electrons. The van der Waals surface area contributed by atoms with Gasteiger partial charge in [0.15, 0.2) is 0 Å². The lowest BCUT2D eigenvalue weighted by Crippen LogP contribution is -2.42. The van der Waals surface area contributed by atoms with Crippen molar-refractivity contribution in [1.82, 2.24) is 25.1 Å². The monoisotopic (exact) mass is 347 g/mol. The van der Waals surface area contributed by atoms with Crippen LogP contribution in [0, 0.1) is 0 Å². The predicted octanol–water partition coefficient (Wildman–Crippen LogP) is 2.66. The number of rotatable bonds is 5. The summed E-state index contributed by atoms with van der Waals surface area (Å²) in [6, 6.07) is 0.140. The highest BCUT2D eigenvalue weighted by atomic mass is 32.1. The number of carbonyl (C=O) groups is 1. The lowest BCUT2D eigenvalue weighted by molar-refractivity contribution is -0.121. The summed E-state index contributed by atoms with van der Waals surface area (Å²) >= 11 is 1.63. The van der Waals surface area contributed by atoms with Gasteiger partial charge < -0.3 is 9.88 Å². The van der Waals surface area contributed by atoms with Crippen LogP contribution in [0.3, 0.4) is 0 Å². The average Bonchev–Trinajstić information content (AvgIpc) is 3.13. The molecule has 0 aromatic carbocycles. The van der Waals surface area contributed by atoms with E-state index in [1.807, 2.05) is 5.38 Å². The minimum Gasteiger partial charge on any atom is -0.351 e. The molecule has 0 unspecified atom stereocenters. The lowest BCUT2D eigenvalue weighted by Gasteiger charge is -2.25. The molecule has 1 amide bonds. The van der Waals surface area contributed by atoms with E-state index in [-0.39, 0.29) is 11.9 Å². The number of amides is 1. The minimum absolute atomic E-state index is 0.0447. The van der Waals surface area contributed by atoms with Gasteiger partial charge in [0.25, 0.3) is 0 Å². The number of hydrogen-bond donors (Lipinski definition) is 1. The molecule has 0 radical (unpaired) electrons. The zero-order chi connectivity index (χ0) is 17.3. The van der Waals surface area contributed by atoms with Gasteiger partial charge in [0.05, 0.1) is 17.1 Å². The van der Waals surface area contributed by atoms with Gasteiger partial charge in [-0.2, -0.15) is 0 Å². The maximum atomic E-state index is 12.3. The summed E-state index contributed by atoms with van der Waals surface area (Å²) in [4.78, 5) is 16.9. The van der Waals surface area contributed by atoms with Crippen LogP contribution in [0.4, 0.5) is 0 Å². The first-order valence-electron chi connectivity index (χ1n) is 8.59. The molecule has 0 saturated heterocycles. The summed E-state index contributed by atoms with van der Waals surface area (Å²) < 4.78 is 2.17. The molecule has 6 nitrogen and oxygen atoms in total. The van der Waals surface area contributed by atoms with E-state index in [0.717, 1.165) is 41.7 Å². The number of thiazole rings is 1. The summed E-state index contributed by atoms with van der Waals surface area (Å²) in [6.45, 7) is 9.24. The molecule has 1 aliphatic heterocycles. The normalized spacial score (nSPS) is 17.3. The van der Waals surface area contributed by atoms with Crippen LogP contribution < -0.4 is 5.32 Å². The number of aromatic nitrogens is 4. The quantitative estimate of drug-likeness (QED) is 0.902. The van der Waals surface area contributed by atoms with E-state index in [1.165, 1.54) is 0 Å². The van der Waals surface area contributed by atoms with Gasteiger partial charge in [-0.05, 0) is 6.42 Å². The second-order valence-corrected chi connectivity index (χ2v) is 7.94. The molecule has 2 aromatic rings. The summed E-state index contributed by atoms with van der Waals surface area (Å²) in [5, 5.41) is 14.8. The molecular weight excluding hydrogens is 322 g/mol. The van der Waals surface area contributed by atoms with Crippen molar-refractivity contribution >= 4 is 17.2 Å². The van der Waals surface area contributed by atoms with E-state index in [2.05, 4.69) is 52.8 Å². The fourth-order valence-electron chi connectivity index (χ4n) is 3.01. The van der Waals surface area contributed by atoms with Crippen LogP contribution in [0.15, 0.2) is 5.38 Å². The van der Waals surface area contributed by atoms with E-state index < -0.39 is 0 Å². The third-order valence-electron chi connectivity index (χ3n) is 4.26. The molecule has 1 atom stereocenters. The smallest absolute Gasteiger partial charge is 0.226 e. The van der Waals surface area contributed by atoms with E-state index in [1.54, 1.807) is 11.3 Å². The van der Waals surface area contributed by atoms with Crippen molar-refractivity contribution in [2.24, 2.45) is 0 Å². The van der Waals surface area contributed by atoms with Gasteiger partial charge in [-0.3, -0.25) is 4.79 Å². The van der Waals surface area contributed by atoms with E-state index in [9.17, 15) is 4.79 Å². The third-order valence-corrected chi connectivity index (χ3v) is 5.46. The van der Waals surface area contributed by atoms with Crippen LogP contribution in [-0.4, -0.2) is 31.7 Å². The highest BCUT2D eigenvalue weighted by molar-refractivity contribution is 7.09. The highest BCUT2D eigenvalue weighted by Crippen LogP contribution is 2.21. The third kappa shape index (κ3) is 3.66. The summed E-state index contributed by atoms with van der Waals surface area (Å²) in [7, 11) is 0. The van der Waals surface area contributed by atoms with Crippen molar-refractivity contribution in [3.05, 3.63) is 27.7 Å². The minimum atomic E-state index is 0.0447. The number of fused-ring (bicyclic) bond motifs is 1. The molecule has 0 fully saturated rings. The Bertz CT molecular complexity index is 718. The summed E-state index contributed by atoms with van der Waals surface area (Å²) in [5.74, 6) is 2.83. The number of hydrogen-bond acceptors (Lipinski definition) is 5. The first-order chi connectivity index (χ1) is 11.4. The topological polar surface area (TPSA) is 72.7 Å². The Balaban J connectivity index is 1.60. The number of aryl methyl sites for hydroxylation is 1. The van der Waals surface area contributed by atoms with E-state index >= 15 is 0 Å². The fraction of sp³-hybridized carbons (Fsp3) is 0.647. The van der Waals surface area contributed by atoms with Gasteiger partial charge in [-0.25, -0.2) is 4.98 Å². The van der Waals surface area contributed by atoms with Crippen molar-refractivity contribution in [3.8, 4) is 0 Å². The van der Waals surface area contributed by atoms with Crippen LogP contribution >= 0.6 is 11.3 Å². The second-order valence-electron chi connectivity index (χ2n) is 7.05. The molecule has 3 heterocycles. The van der Waals surface area contributed by atoms with Crippen molar-refractivity contribution in [1.29, 1.82) is 0 Å². The standard InChI is InChI=1S/C17H25N5OS/c1-10(2)16-21-20-14-6-5-12(8-22(14)16)18-15(23)7-13-9-24-17(19-13)11(3)4/h9-12H,5-8H2,1-4H3,(H,18,23)/t12-/m0/s1. The van der Waals surface area contributed by atoms with Crippen LogP contribution in [0.25, 0.3) is 0 Å². The molecule has 1 N–H and O–H groups in total. The molecule has 7 heteroatoms. The van der Waals surface area contributed by atoms with E-state index in [0.29, 0.717) is 18.3 Å². The SMILES string of the molecule is CC(C)c1nc(CC(=O)N[C@H]2CCc3nnc(C(C)C)n3C2)cs1. The van der Waals surface area contributed by atoms with Crippen LogP contribution in [-0.2, 0) is 24.2 Å². The second kappa shape index (κ2) is 7.01. The van der Waals surface area contributed by atoms with Crippen molar-refractivity contribution in [2.75, 3.05) is 0 Å². The molecule has 1 aliphatic rings. The maximum Gasteiger partial charge on any atom is 0.226 e. The average molecular weight is 347 g/mol. The summed E-state index contributed by atoms with van der Waals surface area (Å²) in [5.41, 5.74) is 0.866. The molecule has 0 spiro atoms. The predicted molar refractivity (Wildman–Crippen MR) is 94.3 cm³/mol. The molecule has 24 heavy (non-hydrogen) atoms. The van der Waals surface area contributed by atoms with Gasteiger partial charge in [-0.1, -0.05) is 27.7 Å². The Hall–Kier alpha value is -1.76. The summed E-state index contributed by atoms with van der Waals surface area (Å²) in [6.07, 6.45) is 2.13. The molecule has 0 aliphatic carbocycles. The van der Waals surface area contributed by atoms with Crippen molar-refractivity contribution in [2.45, 2.75) is 71.4 Å². The van der Waals surface area contributed by atoms with Gasteiger partial charge >= 0.3 is 0 Å². The first kappa shape index (κ1) is 17.1. The van der Waals surface area contributed by atoms with Crippen LogP contribution in [0.5, 0.6) is 0 Å². The zero-order valence-corrected chi connectivity index (χ0v) is 15.6. The largest absolute Gasteiger partial charge is 0.351 e. The Morgan fingerprint density at radius 1 is 1.33 bits per heavy atom. The highest BCUT2D eigenvalue weighted by Gasteiger charge is 2.25. The van der Waals surface area contributed by atoms with Crippen LogP contribution in [0.1, 0.15) is 68.3 Å². The fourth-order valence-corrected chi connectivity index (χ4v) is 3.84. The number of nitrogens with zero attached hydrogens (tertiary/aromatic N) is 4. The first-order valence-corrected chi connectivity index (χ1v) is 9.47. The maximum absolute atomic E-state index is 12.3. The molecule has 0 saturated carbocycles. The molecule has 2 aromatic heterocycles.